The van der Waals surface area contributed by atoms with Gasteiger partial charge in [0.2, 0.25) is 5.79 Å². The highest BCUT2D eigenvalue weighted by molar-refractivity contribution is 5.09. The molecule has 1 spiro atoms. The predicted molar refractivity (Wildman–Crippen MR) is 107 cm³/mol. The van der Waals surface area contributed by atoms with Crippen molar-refractivity contribution in [1.82, 2.24) is 5.32 Å². The van der Waals surface area contributed by atoms with E-state index in [1.807, 2.05) is 6.92 Å². The molecule has 5 rings (SSSR count). The summed E-state index contributed by atoms with van der Waals surface area (Å²) in [6.45, 7) is 8.85. The highest BCUT2D eigenvalue weighted by atomic mass is 17.3. The van der Waals surface area contributed by atoms with Crippen LogP contribution in [0.5, 0.6) is 0 Å². The Morgan fingerprint density at radius 1 is 1.00 bits per heavy atom. The van der Waals surface area contributed by atoms with Gasteiger partial charge in [0, 0.05) is 18.3 Å². The third kappa shape index (κ3) is 3.65. The van der Waals surface area contributed by atoms with E-state index in [-0.39, 0.29) is 12.5 Å². The third-order valence-corrected chi connectivity index (χ3v) is 7.76. The first-order valence-electron chi connectivity index (χ1n) is 11.4. The van der Waals surface area contributed by atoms with Gasteiger partial charge < -0.3 is 14.0 Å². The second-order valence-corrected chi connectivity index (χ2v) is 11.0. The van der Waals surface area contributed by atoms with Crippen molar-refractivity contribution in [2.75, 3.05) is 34.2 Å². The second kappa shape index (κ2) is 7.47. The minimum atomic E-state index is -0.687. The van der Waals surface area contributed by atoms with E-state index >= 15 is 0 Å². The van der Waals surface area contributed by atoms with Gasteiger partial charge in [-0.05, 0) is 57.4 Å². The van der Waals surface area contributed by atoms with Crippen molar-refractivity contribution in [1.29, 1.82) is 0 Å². The molecule has 1 saturated carbocycles. The summed E-state index contributed by atoms with van der Waals surface area (Å²) in [4.78, 5) is 12.1. The van der Waals surface area contributed by atoms with E-state index in [4.69, 9.17) is 19.2 Å². The fraction of sp³-hybridized carbons (Fsp3) is 1.00. The SMILES string of the molecule is C[C@@H]1CC[C@H]2[C@@H](C)C(NCCCC[N+](C)(C)C)O[C@@H]3O[C@]4(C)CC[C@@H]1[C@]32OO4. The van der Waals surface area contributed by atoms with Gasteiger partial charge in [-0.1, -0.05) is 13.8 Å². The van der Waals surface area contributed by atoms with Crippen LogP contribution in [0.4, 0.5) is 0 Å². The number of hydrogen-bond acceptors (Lipinski definition) is 5. The maximum atomic E-state index is 6.56. The molecular formula is C22H41N2O4+. The molecule has 1 aliphatic carbocycles. The molecule has 162 valence electrons. The zero-order valence-electron chi connectivity index (χ0n) is 18.7. The fourth-order valence-electron chi connectivity index (χ4n) is 6.09. The molecule has 4 heterocycles. The average Bonchev–Trinajstić information content (AvgIpc) is 2.84. The number of rotatable bonds is 6. The van der Waals surface area contributed by atoms with E-state index in [2.05, 4.69) is 40.3 Å². The first kappa shape index (κ1) is 21.0. The Hall–Kier alpha value is -0.240. The smallest absolute Gasteiger partial charge is 0.201 e. The highest BCUT2D eigenvalue weighted by Crippen LogP contribution is 2.60. The van der Waals surface area contributed by atoms with E-state index in [9.17, 15) is 0 Å². The molecule has 4 aliphatic heterocycles. The summed E-state index contributed by atoms with van der Waals surface area (Å²) in [6.07, 6.45) is 6.43. The van der Waals surface area contributed by atoms with Crippen molar-refractivity contribution in [2.45, 2.75) is 83.2 Å². The van der Waals surface area contributed by atoms with Gasteiger partial charge in [-0.2, -0.15) is 0 Å². The lowest BCUT2D eigenvalue weighted by Gasteiger charge is -2.60. The van der Waals surface area contributed by atoms with Crippen LogP contribution in [0.3, 0.4) is 0 Å². The Balaban J connectivity index is 1.46. The van der Waals surface area contributed by atoms with Crippen LogP contribution in [0.15, 0.2) is 0 Å². The standard InChI is InChI=1S/C22H41N2O4/c1-15-9-10-18-16(2)19(23-13-7-8-14-24(4,5)6)25-20-22(18)17(15)11-12-21(3,26-20)27-28-22/h15-20,23H,7-14H2,1-6H3/q+1/t15-,16-,17+,18+,19?,20-,21+,22-/m1/s1. The van der Waals surface area contributed by atoms with Crippen LogP contribution in [-0.2, 0) is 19.2 Å². The van der Waals surface area contributed by atoms with Gasteiger partial charge in [-0.15, -0.1) is 0 Å². The molecule has 0 aromatic carbocycles. The van der Waals surface area contributed by atoms with Crippen molar-refractivity contribution in [3.63, 3.8) is 0 Å². The summed E-state index contributed by atoms with van der Waals surface area (Å²) < 4.78 is 14.0. The first-order valence-corrected chi connectivity index (χ1v) is 11.4. The summed E-state index contributed by atoms with van der Waals surface area (Å²) in [7, 11) is 6.75. The predicted octanol–water partition coefficient (Wildman–Crippen LogP) is 3.27. The molecule has 5 aliphatic rings. The quantitative estimate of drug-likeness (QED) is 0.423. The maximum absolute atomic E-state index is 6.56. The summed E-state index contributed by atoms with van der Waals surface area (Å²) in [5.74, 6) is 1.14. The van der Waals surface area contributed by atoms with Crippen molar-refractivity contribution < 1.29 is 23.7 Å². The van der Waals surface area contributed by atoms with Crippen LogP contribution in [0.1, 0.15) is 59.3 Å². The van der Waals surface area contributed by atoms with E-state index < -0.39 is 11.4 Å². The summed E-state index contributed by atoms with van der Waals surface area (Å²) in [6, 6.07) is 0. The van der Waals surface area contributed by atoms with Crippen LogP contribution in [0, 0.1) is 23.7 Å². The Labute approximate surface area is 170 Å². The van der Waals surface area contributed by atoms with Gasteiger partial charge >= 0.3 is 0 Å². The van der Waals surface area contributed by atoms with Crippen LogP contribution >= 0.6 is 0 Å². The molecule has 28 heavy (non-hydrogen) atoms. The van der Waals surface area contributed by atoms with E-state index in [0.29, 0.717) is 23.7 Å². The van der Waals surface area contributed by atoms with Gasteiger partial charge in [0.25, 0.3) is 0 Å². The first-order chi connectivity index (χ1) is 13.1. The molecular weight excluding hydrogens is 356 g/mol. The van der Waals surface area contributed by atoms with E-state index in [1.54, 1.807) is 0 Å². The summed E-state index contributed by atoms with van der Waals surface area (Å²) in [5.41, 5.74) is -0.449. The topological polar surface area (TPSA) is 49.0 Å². The number of nitrogens with zero attached hydrogens (tertiary/aromatic N) is 1. The second-order valence-electron chi connectivity index (χ2n) is 11.0. The number of hydrogen-bond donors (Lipinski definition) is 1. The highest BCUT2D eigenvalue weighted by Gasteiger charge is 2.69. The lowest BCUT2D eigenvalue weighted by molar-refractivity contribution is -0.870. The van der Waals surface area contributed by atoms with Crippen LogP contribution in [0.25, 0.3) is 0 Å². The molecule has 8 atom stereocenters. The van der Waals surface area contributed by atoms with Gasteiger partial charge in [-0.3, -0.25) is 5.32 Å². The Morgan fingerprint density at radius 3 is 2.54 bits per heavy atom. The molecule has 1 N–H and O–H groups in total. The molecule has 6 nitrogen and oxygen atoms in total. The van der Waals surface area contributed by atoms with Crippen molar-refractivity contribution >= 4 is 0 Å². The van der Waals surface area contributed by atoms with Crippen LogP contribution in [-0.4, -0.2) is 62.6 Å². The van der Waals surface area contributed by atoms with Crippen molar-refractivity contribution in [3.8, 4) is 0 Å². The molecule has 6 heteroatoms. The molecule has 2 bridgehead atoms. The van der Waals surface area contributed by atoms with Gasteiger partial charge in [-0.25, -0.2) is 9.78 Å². The number of unbranched alkanes of at least 4 members (excludes halogenated alkanes) is 1. The fourth-order valence-corrected chi connectivity index (χ4v) is 6.09. The van der Waals surface area contributed by atoms with E-state index in [1.165, 1.54) is 25.8 Å². The zero-order valence-corrected chi connectivity index (χ0v) is 18.7. The molecule has 0 aromatic rings. The van der Waals surface area contributed by atoms with E-state index in [0.717, 1.165) is 30.3 Å². The lowest BCUT2D eigenvalue weighted by Crippen LogP contribution is -2.71. The Bertz CT molecular complexity index is 567. The molecule has 0 amide bonds. The molecule has 0 aromatic heterocycles. The number of ether oxygens (including phenoxy) is 2. The van der Waals surface area contributed by atoms with Gasteiger partial charge in [0.05, 0.1) is 27.7 Å². The Morgan fingerprint density at radius 2 is 1.79 bits per heavy atom. The van der Waals surface area contributed by atoms with Gasteiger partial charge in [0.1, 0.15) is 6.23 Å². The monoisotopic (exact) mass is 397 g/mol. The maximum Gasteiger partial charge on any atom is 0.201 e. The van der Waals surface area contributed by atoms with Crippen LogP contribution < -0.4 is 5.32 Å². The molecule has 4 saturated heterocycles. The molecule has 5 fully saturated rings. The zero-order chi connectivity index (χ0) is 20.2. The normalized spacial score (nSPS) is 48.2. The third-order valence-electron chi connectivity index (χ3n) is 7.76. The summed E-state index contributed by atoms with van der Waals surface area (Å²) in [5, 5.41) is 3.69. The molecule has 1 unspecified atom stereocenters. The number of nitrogens with one attached hydrogen (secondary N) is 1. The van der Waals surface area contributed by atoms with Crippen molar-refractivity contribution in [2.24, 2.45) is 23.7 Å². The van der Waals surface area contributed by atoms with Crippen molar-refractivity contribution in [3.05, 3.63) is 0 Å². The Kier molecular flexibility index (Phi) is 5.60. The average molecular weight is 398 g/mol. The molecule has 0 radical (unpaired) electrons. The lowest BCUT2D eigenvalue weighted by atomic mass is 9.58. The minimum absolute atomic E-state index is 0.0188. The van der Waals surface area contributed by atoms with Gasteiger partial charge in [0.15, 0.2) is 11.9 Å². The minimum Gasteiger partial charge on any atom is -0.331 e. The van der Waals surface area contributed by atoms with Crippen LogP contribution in [0.2, 0.25) is 0 Å². The number of fused-ring (bicyclic) bond motifs is 2. The number of quaternary nitrogens is 1. The summed E-state index contributed by atoms with van der Waals surface area (Å²) >= 11 is 0. The largest absolute Gasteiger partial charge is 0.331 e.